The molecule has 0 aliphatic rings. The Hall–Kier alpha value is -0.700. The lowest BCUT2D eigenvalue weighted by molar-refractivity contribution is -0.314. The largest absolute Gasteiger partial charge is 0.810 e. The zero-order valence-corrected chi connectivity index (χ0v) is 6.96. The first-order chi connectivity index (χ1) is 5.47. The average molecular weight is 188 g/mol. The highest BCUT2D eigenvalue weighted by Crippen LogP contribution is 2.28. The molecule has 0 aliphatic carbocycles. The second-order valence-electron chi connectivity index (χ2n) is 2.40. The van der Waals surface area contributed by atoms with Gasteiger partial charge in [-0.15, -0.1) is 0 Å². The van der Waals surface area contributed by atoms with Crippen molar-refractivity contribution in [3.8, 4) is 0 Å². The number of hydrogen-bond donors (Lipinski definition) is 0. The van der Waals surface area contributed by atoms with Gasteiger partial charge in [0.15, 0.2) is 0 Å². The van der Waals surface area contributed by atoms with Crippen LogP contribution in [0.3, 0.4) is 0 Å². The van der Waals surface area contributed by atoms with Crippen LogP contribution in [0, 0.1) is 5.82 Å². The van der Waals surface area contributed by atoms with Crippen molar-refractivity contribution in [1.29, 1.82) is 0 Å². The van der Waals surface area contributed by atoms with Crippen LogP contribution in [0.5, 0.6) is 0 Å². The molecule has 0 amide bonds. The molecule has 3 nitrogen and oxygen atoms in total. The summed E-state index contributed by atoms with van der Waals surface area (Å²) in [4.78, 5) is 20.5. The Morgan fingerprint density at radius 2 is 1.75 bits per heavy atom. The zero-order valence-electron chi connectivity index (χ0n) is 6.07. The minimum absolute atomic E-state index is 0.310. The molecular formula is C7H6FO3P-2. The van der Waals surface area contributed by atoms with Gasteiger partial charge in [-0.1, -0.05) is 19.7 Å². The van der Waals surface area contributed by atoms with Crippen LogP contribution in [0.2, 0.25) is 0 Å². The summed E-state index contributed by atoms with van der Waals surface area (Å²) in [7, 11) is -4.53. The Labute approximate surface area is 69.0 Å². The maximum Gasteiger partial charge on any atom is 0.123 e. The summed E-state index contributed by atoms with van der Waals surface area (Å²) in [6, 6.07) is 4.78. The molecule has 0 N–H and O–H groups in total. The van der Waals surface area contributed by atoms with Gasteiger partial charge in [0, 0.05) is 6.16 Å². The average Bonchev–Trinajstić information content (AvgIpc) is 1.91. The van der Waals surface area contributed by atoms with Crippen LogP contribution in [-0.4, -0.2) is 0 Å². The number of halogens is 1. The van der Waals surface area contributed by atoms with Gasteiger partial charge in [-0.2, -0.15) is 0 Å². The topological polar surface area (TPSA) is 63.2 Å². The van der Waals surface area contributed by atoms with Crippen molar-refractivity contribution in [2.45, 2.75) is 6.16 Å². The van der Waals surface area contributed by atoms with Crippen molar-refractivity contribution in [3.63, 3.8) is 0 Å². The Morgan fingerprint density at radius 1 is 1.25 bits per heavy atom. The van der Waals surface area contributed by atoms with Crippen LogP contribution < -0.4 is 9.79 Å². The first-order valence-corrected chi connectivity index (χ1v) is 4.96. The molecule has 0 aliphatic heterocycles. The molecule has 1 aromatic carbocycles. The number of rotatable bonds is 2. The van der Waals surface area contributed by atoms with Gasteiger partial charge in [-0.05, 0) is 17.7 Å². The van der Waals surface area contributed by atoms with E-state index < -0.39 is 19.6 Å². The van der Waals surface area contributed by atoms with Crippen molar-refractivity contribution in [2.24, 2.45) is 0 Å². The minimum atomic E-state index is -4.53. The highest BCUT2D eigenvalue weighted by atomic mass is 31.2. The highest BCUT2D eigenvalue weighted by molar-refractivity contribution is 7.47. The third-order valence-electron chi connectivity index (χ3n) is 1.29. The van der Waals surface area contributed by atoms with Crippen molar-refractivity contribution >= 4 is 7.60 Å². The van der Waals surface area contributed by atoms with E-state index >= 15 is 0 Å². The SMILES string of the molecule is O=P([O-])([O-])Cc1ccc(F)cc1. The van der Waals surface area contributed by atoms with E-state index in [-0.39, 0.29) is 0 Å². The molecular weight excluding hydrogens is 182 g/mol. The van der Waals surface area contributed by atoms with Gasteiger partial charge in [-0.3, -0.25) is 0 Å². The maximum atomic E-state index is 12.3. The van der Waals surface area contributed by atoms with Crippen molar-refractivity contribution in [1.82, 2.24) is 0 Å². The number of hydrogen-bond acceptors (Lipinski definition) is 3. The summed E-state index contributed by atoms with van der Waals surface area (Å²) in [6.45, 7) is 0. The van der Waals surface area contributed by atoms with E-state index in [2.05, 4.69) is 0 Å². The lowest BCUT2D eigenvalue weighted by atomic mass is 10.2. The second kappa shape index (κ2) is 3.35. The van der Waals surface area contributed by atoms with Gasteiger partial charge < -0.3 is 14.4 Å². The van der Waals surface area contributed by atoms with Crippen molar-refractivity contribution < 1.29 is 18.7 Å². The molecule has 0 spiro atoms. The fraction of sp³-hybridized carbons (Fsp3) is 0.143. The molecule has 0 atom stereocenters. The van der Waals surface area contributed by atoms with Gasteiger partial charge in [0.2, 0.25) is 0 Å². The van der Waals surface area contributed by atoms with E-state index in [0.717, 1.165) is 12.1 Å². The predicted molar refractivity (Wildman–Crippen MR) is 37.7 cm³/mol. The highest BCUT2D eigenvalue weighted by Gasteiger charge is 1.95. The molecule has 0 heterocycles. The van der Waals surface area contributed by atoms with Gasteiger partial charge >= 0.3 is 0 Å². The summed E-state index contributed by atoms with van der Waals surface area (Å²) in [6.07, 6.45) is -0.562. The predicted octanol–water partition coefficient (Wildman–Crippen LogP) is 0.239. The first kappa shape index (κ1) is 9.39. The smallest absolute Gasteiger partial charge is 0.123 e. The van der Waals surface area contributed by atoms with E-state index in [9.17, 15) is 18.7 Å². The standard InChI is InChI=1S/C7H8FO3P/c8-7-3-1-6(2-4-7)5-12(9,10)11/h1-4H,5H2,(H2,9,10,11)/p-2. The monoisotopic (exact) mass is 188 g/mol. The van der Waals surface area contributed by atoms with E-state index in [1.54, 1.807) is 0 Å². The summed E-state index contributed by atoms with van der Waals surface area (Å²) in [5.41, 5.74) is 0.310. The normalized spacial score (nSPS) is 11.6. The van der Waals surface area contributed by atoms with E-state index in [1.165, 1.54) is 12.1 Å². The Balaban J connectivity index is 2.78. The Bertz CT molecular complexity index is 303. The Morgan fingerprint density at radius 3 is 2.17 bits per heavy atom. The molecule has 12 heavy (non-hydrogen) atoms. The first-order valence-electron chi connectivity index (χ1n) is 3.23. The van der Waals surface area contributed by atoms with Crippen LogP contribution in [0.15, 0.2) is 24.3 Å². The van der Waals surface area contributed by atoms with Crippen LogP contribution in [0.25, 0.3) is 0 Å². The van der Waals surface area contributed by atoms with Gasteiger partial charge in [0.25, 0.3) is 0 Å². The molecule has 0 unspecified atom stereocenters. The fourth-order valence-corrected chi connectivity index (χ4v) is 1.47. The quantitative estimate of drug-likeness (QED) is 0.624. The third kappa shape index (κ3) is 3.13. The van der Waals surface area contributed by atoms with Crippen LogP contribution >= 0.6 is 7.60 Å². The lowest BCUT2D eigenvalue weighted by Crippen LogP contribution is -2.15. The molecule has 0 radical (unpaired) electrons. The summed E-state index contributed by atoms with van der Waals surface area (Å²) in [5, 5.41) is 0. The van der Waals surface area contributed by atoms with Crippen LogP contribution in [-0.2, 0) is 10.7 Å². The van der Waals surface area contributed by atoms with E-state index in [4.69, 9.17) is 0 Å². The second-order valence-corrected chi connectivity index (χ2v) is 3.93. The molecule has 0 fully saturated rings. The molecule has 66 valence electrons. The third-order valence-corrected chi connectivity index (χ3v) is 2.04. The van der Waals surface area contributed by atoms with Gasteiger partial charge in [0.1, 0.15) is 5.82 Å². The fourth-order valence-electron chi connectivity index (χ4n) is 0.813. The lowest BCUT2D eigenvalue weighted by Gasteiger charge is -2.29. The van der Waals surface area contributed by atoms with Crippen LogP contribution in [0.1, 0.15) is 5.56 Å². The van der Waals surface area contributed by atoms with Gasteiger partial charge in [-0.25, -0.2) is 4.39 Å². The number of benzene rings is 1. The molecule has 0 saturated heterocycles. The summed E-state index contributed by atoms with van der Waals surface area (Å²) >= 11 is 0. The van der Waals surface area contributed by atoms with Crippen molar-refractivity contribution in [3.05, 3.63) is 35.6 Å². The molecule has 0 aromatic heterocycles. The summed E-state index contributed by atoms with van der Waals surface area (Å²) < 4.78 is 22.6. The molecule has 5 heteroatoms. The molecule has 1 rings (SSSR count). The van der Waals surface area contributed by atoms with E-state index in [1.807, 2.05) is 0 Å². The molecule has 0 saturated carbocycles. The maximum absolute atomic E-state index is 12.3. The van der Waals surface area contributed by atoms with E-state index in [0.29, 0.717) is 5.56 Å². The Kier molecular flexibility index (Phi) is 2.62. The van der Waals surface area contributed by atoms with Gasteiger partial charge in [0.05, 0.1) is 0 Å². The summed E-state index contributed by atoms with van der Waals surface area (Å²) in [5.74, 6) is -0.453. The molecule has 0 bridgehead atoms. The zero-order chi connectivity index (χ0) is 9.19. The van der Waals surface area contributed by atoms with Crippen molar-refractivity contribution in [2.75, 3.05) is 0 Å². The molecule has 1 aromatic rings. The minimum Gasteiger partial charge on any atom is -0.810 e. The van der Waals surface area contributed by atoms with Crippen LogP contribution in [0.4, 0.5) is 4.39 Å².